The number of pyridine rings is 2. The predicted octanol–water partition coefficient (Wildman–Crippen LogP) is 5.82. The van der Waals surface area contributed by atoms with Crippen molar-refractivity contribution in [2.45, 2.75) is 13.1 Å². The van der Waals surface area contributed by atoms with Crippen molar-refractivity contribution in [1.82, 2.24) is 24.8 Å². The van der Waals surface area contributed by atoms with Crippen LogP contribution in [0, 0.1) is 18.6 Å². The van der Waals surface area contributed by atoms with Gasteiger partial charge in [-0.3, -0.25) is 9.78 Å². The van der Waals surface area contributed by atoms with Crippen LogP contribution in [0.5, 0.6) is 0 Å². The smallest absolute Gasteiger partial charge is 0.352 e. The summed E-state index contributed by atoms with van der Waals surface area (Å²) in [4.78, 5) is 33.1. The highest BCUT2D eigenvalue weighted by molar-refractivity contribution is 6.33. The van der Waals surface area contributed by atoms with Gasteiger partial charge in [0.25, 0.3) is 5.91 Å². The first-order chi connectivity index (χ1) is 19.0. The third-order valence-corrected chi connectivity index (χ3v) is 6.77. The van der Waals surface area contributed by atoms with E-state index in [0.717, 1.165) is 24.3 Å². The summed E-state index contributed by atoms with van der Waals surface area (Å²) >= 11 is 6.37. The van der Waals surface area contributed by atoms with Gasteiger partial charge in [-0.1, -0.05) is 11.6 Å². The van der Waals surface area contributed by atoms with Gasteiger partial charge in [0, 0.05) is 55.8 Å². The van der Waals surface area contributed by atoms with E-state index >= 15 is 0 Å². The molecule has 1 saturated heterocycles. The molecule has 1 aromatic carbocycles. The molecular formula is C27H20ClF5N6O. The van der Waals surface area contributed by atoms with Crippen molar-refractivity contribution in [3.63, 3.8) is 0 Å². The molecule has 0 spiro atoms. The average Bonchev–Trinajstić information content (AvgIpc) is 2.92. The SMILES string of the molecule is Cc1nc(C(F)(F)F)ccc1C(=O)N1CCN(c2cnc(-c3ccc(F)cc3F)c(-c3ccncc3Cl)n2)CC1. The Morgan fingerprint density at radius 1 is 0.925 bits per heavy atom. The molecule has 1 amide bonds. The van der Waals surface area contributed by atoms with Crippen LogP contribution in [0.15, 0.2) is 55.0 Å². The second-order valence-corrected chi connectivity index (χ2v) is 9.42. The van der Waals surface area contributed by atoms with E-state index in [9.17, 15) is 26.7 Å². The molecule has 0 saturated carbocycles. The monoisotopic (exact) mass is 574 g/mol. The lowest BCUT2D eigenvalue weighted by Crippen LogP contribution is -2.49. The number of halogens is 6. The second kappa shape index (κ2) is 10.8. The topological polar surface area (TPSA) is 75.1 Å². The van der Waals surface area contributed by atoms with Crippen LogP contribution in [0.3, 0.4) is 0 Å². The molecule has 40 heavy (non-hydrogen) atoms. The molecule has 4 heterocycles. The fourth-order valence-corrected chi connectivity index (χ4v) is 4.63. The minimum atomic E-state index is -4.60. The van der Waals surface area contributed by atoms with Crippen molar-refractivity contribution >= 4 is 23.3 Å². The van der Waals surface area contributed by atoms with Crippen molar-refractivity contribution < 1.29 is 26.7 Å². The van der Waals surface area contributed by atoms with Crippen LogP contribution in [-0.2, 0) is 6.18 Å². The normalized spacial score (nSPS) is 14.0. The van der Waals surface area contributed by atoms with Gasteiger partial charge < -0.3 is 9.80 Å². The Balaban J connectivity index is 1.40. The third kappa shape index (κ3) is 5.44. The Bertz CT molecular complexity index is 1590. The number of benzene rings is 1. The van der Waals surface area contributed by atoms with Gasteiger partial charge in [-0.25, -0.2) is 23.7 Å². The van der Waals surface area contributed by atoms with Gasteiger partial charge in [0.05, 0.1) is 28.2 Å². The summed E-state index contributed by atoms with van der Waals surface area (Å²) in [6, 6.07) is 6.70. The van der Waals surface area contributed by atoms with Gasteiger partial charge in [-0.15, -0.1) is 0 Å². The van der Waals surface area contributed by atoms with Crippen molar-refractivity contribution in [3.8, 4) is 22.5 Å². The van der Waals surface area contributed by atoms with Crippen molar-refractivity contribution in [2.75, 3.05) is 31.1 Å². The number of hydrogen-bond donors (Lipinski definition) is 0. The zero-order valence-corrected chi connectivity index (χ0v) is 21.6. The summed E-state index contributed by atoms with van der Waals surface area (Å²) in [6.07, 6.45) is -0.226. The number of nitrogens with zero attached hydrogens (tertiary/aromatic N) is 6. The Kier molecular flexibility index (Phi) is 7.37. The van der Waals surface area contributed by atoms with E-state index in [1.54, 1.807) is 6.07 Å². The first-order valence-corrected chi connectivity index (χ1v) is 12.4. The summed E-state index contributed by atoms with van der Waals surface area (Å²) in [7, 11) is 0. The summed E-state index contributed by atoms with van der Waals surface area (Å²) in [5, 5.41) is 0.258. The molecule has 7 nitrogen and oxygen atoms in total. The van der Waals surface area contributed by atoms with E-state index in [1.807, 2.05) is 4.90 Å². The molecule has 206 valence electrons. The van der Waals surface area contributed by atoms with Crippen LogP contribution in [0.1, 0.15) is 21.7 Å². The van der Waals surface area contributed by atoms with Crippen LogP contribution in [0.4, 0.5) is 27.8 Å². The Morgan fingerprint density at radius 2 is 1.68 bits per heavy atom. The number of aromatic nitrogens is 4. The molecule has 0 radical (unpaired) electrons. The van der Waals surface area contributed by atoms with E-state index in [2.05, 4.69) is 15.0 Å². The number of carbonyl (C=O) groups excluding carboxylic acids is 1. The predicted molar refractivity (Wildman–Crippen MR) is 138 cm³/mol. The fourth-order valence-electron chi connectivity index (χ4n) is 4.42. The maximum absolute atomic E-state index is 14.7. The Morgan fingerprint density at radius 3 is 2.33 bits per heavy atom. The zero-order valence-electron chi connectivity index (χ0n) is 20.9. The molecule has 0 aliphatic carbocycles. The molecule has 1 aliphatic rings. The van der Waals surface area contributed by atoms with E-state index in [4.69, 9.17) is 16.6 Å². The van der Waals surface area contributed by atoms with Crippen LogP contribution in [0.2, 0.25) is 5.02 Å². The zero-order chi connectivity index (χ0) is 28.6. The standard InChI is InChI=1S/C27H20ClF5N6O/c1-15-17(4-5-22(36-15)27(31,32)33)26(40)39-10-8-38(9-11-39)23-14-35-24(19-3-2-16(29)12-21(19)30)25(37-23)18-6-7-34-13-20(18)28/h2-7,12-14H,8-11H2,1H3. The number of carbonyl (C=O) groups is 1. The molecule has 5 rings (SSSR count). The van der Waals surface area contributed by atoms with Crippen molar-refractivity contribution in [1.29, 1.82) is 0 Å². The number of hydrogen-bond acceptors (Lipinski definition) is 6. The lowest BCUT2D eigenvalue weighted by molar-refractivity contribution is -0.141. The molecule has 3 aromatic heterocycles. The van der Waals surface area contributed by atoms with Gasteiger partial charge in [0.15, 0.2) is 0 Å². The van der Waals surface area contributed by atoms with Gasteiger partial charge in [-0.05, 0) is 37.3 Å². The molecule has 1 aliphatic heterocycles. The maximum Gasteiger partial charge on any atom is 0.433 e. The quantitative estimate of drug-likeness (QED) is 0.286. The lowest BCUT2D eigenvalue weighted by Gasteiger charge is -2.35. The number of aryl methyl sites for hydroxylation is 1. The summed E-state index contributed by atoms with van der Waals surface area (Å²) in [5.41, 5.74) is -0.0481. The van der Waals surface area contributed by atoms with Crippen LogP contribution in [0.25, 0.3) is 22.5 Å². The Labute approximate surface area is 230 Å². The highest BCUT2D eigenvalue weighted by atomic mass is 35.5. The summed E-state index contributed by atoms with van der Waals surface area (Å²) in [6.45, 7) is 2.59. The maximum atomic E-state index is 14.7. The average molecular weight is 575 g/mol. The first-order valence-electron chi connectivity index (χ1n) is 12.0. The molecular weight excluding hydrogens is 555 g/mol. The second-order valence-electron chi connectivity index (χ2n) is 9.01. The molecule has 0 atom stereocenters. The number of amides is 1. The van der Waals surface area contributed by atoms with Gasteiger partial charge in [0.2, 0.25) is 0 Å². The largest absolute Gasteiger partial charge is 0.433 e. The van der Waals surface area contributed by atoms with E-state index < -0.39 is 29.4 Å². The summed E-state index contributed by atoms with van der Waals surface area (Å²) in [5.74, 6) is -1.53. The minimum Gasteiger partial charge on any atom is -0.352 e. The van der Waals surface area contributed by atoms with E-state index in [-0.39, 0.29) is 46.3 Å². The van der Waals surface area contributed by atoms with Crippen molar-refractivity contribution in [3.05, 3.63) is 88.6 Å². The van der Waals surface area contributed by atoms with Crippen LogP contribution < -0.4 is 4.90 Å². The van der Waals surface area contributed by atoms with Gasteiger partial charge >= 0.3 is 6.18 Å². The van der Waals surface area contributed by atoms with Gasteiger partial charge in [-0.2, -0.15) is 13.2 Å². The van der Waals surface area contributed by atoms with E-state index in [1.165, 1.54) is 36.5 Å². The highest BCUT2D eigenvalue weighted by Gasteiger charge is 2.34. The molecule has 4 aromatic rings. The molecule has 13 heteroatoms. The summed E-state index contributed by atoms with van der Waals surface area (Å²) < 4.78 is 67.1. The molecule has 1 fully saturated rings. The number of anilines is 1. The molecule has 0 unspecified atom stereocenters. The third-order valence-electron chi connectivity index (χ3n) is 6.47. The highest BCUT2D eigenvalue weighted by Crippen LogP contribution is 2.35. The molecule has 0 bridgehead atoms. The Hall–Kier alpha value is -4.19. The number of rotatable bonds is 4. The van der Waals surface area contributed by atoms with Crippen LogP contribution in [-0.4, -0.2) is 56.9 Å². The van der Waals surface area contributed by atoms with E-state index in [0.29, 0.717) is 24.5 Å². The molecule has 0 N–H and O–H groups in total. The fraction of sp³-hybridized carbons (Fsp3) is 0.222. The number of alkyl halides is 3. The number of piperazine rings is 1. The van der Waals surface area contributed by atoms with Gasteiger partial charge in [0.1, 0.15) is 28.8 Å². The minimum absolute atomic E-state index is 0.00407. The first kappa shape index (κ1) is 27.4. The van der Waals surface area contributed by atoms with Crippen molar-refractivity contribution in [2.24, 2.45) is 0 Å². The lowest BCUT2D eigenvalue weighted by atomic mass is 10.0. The van der Waals surface area contributed by atoms with Crippen LogP contribution >= 0.6 is 11.6 Å².